The lowest BCUT2D eigenvalue weighted by atomic mass is 10.1. The molecule has 0 spiro atoms. The summed E-state index contributed by atoms with van der Waals surface area (Å²) in [4.78, 5) is 23.1. The number of carbonyl (C=O) groups excluding carboxylic acids is 2. The Bertz CT molecular complexity index is 530. The Labute approximate surface area is 117 Å². The minimum absolute atomic E-state index is 0.155. The van der Waals surface area contributed by atoms with Crippen molar-refractivity contribution in [2.75, 3.05) is 17.2 Å². The second kappa shape index (κ2) is 6.02. The number of carbonyl (C=O) groups is 2. The van der Waals surface area contributed by atoms with Gasteiger partial charge in [0.25, 0.3) is 0 Å². The van der Waals surface area contributed by atoms with Crippen molar-refractivity contribution in [2.24, 2.45) is 0 Å². The zero-order chi connectivity index (χ0) is 14.7. The first-order valence-electron chi connectivity index (χ1n) is 6.56. The van der Waals surface area contributed by atoms with E-state index in [1.807, 2.05) is 13.0 Å². The summed E-state index contributed by atoms with van der Waals surface area (Å²) in [7, 11) is 0. The smallest absolute Gasteiger partial charge is 0.241 e. The molecule has 2 rings (SSSR count). The lowest BCUT2D eigenvalue weighted by Crippen LogP contribution is -2.35. The molecule has 0 radical (unpaired) electrons. The van der Waals surface area contributed by atoms with Crippen molar-refractivity contribution < 1.29 is 14.7 Å². The van der Waals surface area contributed by atoms with E-state index in [1.54, 1.807) is 12.1 Å². The Hall–Kier alpha value is -1.92. The fraction of sp³-hybridized carbons (Fsp3) is 0.429. The van der Waals surface area contributed by atoms with E-state index in [0.29, 0.717) is 24.3 Å². The van der Waals surface area contributed by atoms with Crippen molar-refractivity contribution >= 4 is 23.2 Å². The van der Waals surface area contributed by atoms with Gasteiger partial charge in [0.2, 0.25) is 11.8 Å². The highest BCUT2D eigenvalue weighted by Crippen LogP contribution is 2.21. The number of aliphatic hydroxyl groups is 1. The van der Waals surface area contributed by atoms with E-state index in [0.717, 1.165) is 5.56 Å². The average Bonchev–Trinajstić information content (AvgIpc) is 2.79. The van der Waals surface area contributed by atoms with Crippen LogP contribution in [0.4, 0.5) is 11.4 Å². The summed E-state index contributed by atoms with van der Waals surface area (Å²) in [5.74, 6) is -0.337. The van der Waals surface area contributed by atoms with Gasteiger partial charge in [-0.15, -0.1) is 0 Å². The third kappa shape index (κ3) is 3.55. The molecular formula is C14H19N3O3. The van der Waals surface area contributed by atoms with Crippen molar-refractivity contribution in [3.05, 3.63) is 23.8 Å². The highest BCUT2D eigenvalue weighted by molar-refractivity contribution is 5.96. The molecule has 0 aliphatic carbocycles. The first-order valence-corrected chi connectivity index (χ1v) is 6.56. The molecule has 1 aliphatic heterocycles. The summed E-state index contributed by atoms with van der Waals surface area (Å²) < 4.78 is 0. The second-order valence-electron chi connectivity index (χ2n) is 5.05. The molecule has 0 bridgehead atoms. The first kappa shape index (κ1) is 14.5. The van der Waals surface area contributed by atoms with Gasteiger partial charge in [0.15, 0.2) is 0 Å². The van der Waals surface area contributed by atoms with E-state index in [9.17, 15) is 14.7 Å². The van der Waals surface area contributed by atoms with Gasteiger partial charge in [0, 0.05) is 24.8 Å². The first-order chi connectivity index (χ1) is 9.45. The zero-order valence-electron chi connectivity index (χ0n) is 11.6. The molecule has 0 aromatic heterocycles. The van der Waals surface area contributed by atoms with Gasteiger partial charge >= 0.3 is 0 Å². The number of nitrogens with one attached hydrogen (secondary N) is 3. The van der Waals surface area contributed by atoms with Crippen LogP contribution in [0.2, 0.25) is 0 Å². The van der Waals surface area contributed by atoms with E-state index in [2.05, 4.69) is 16.0 Å². The van der Waals surface area contributed by atoms with Gasteiger partial charge in [0.1, 0.15) is 0 Å². The molecular weight excluding hydrogens is 258 g/mol. The number of rotatable bonds is 3. The van der Waals surface area contributed by atoms with Gasteiger partial charge in [0.05, 0.1) is 12.1 Å². The summed E-state index contributed by atoms with van der Waals surface area (Å²) in [5, 5.41) is 17.9. The summed E-state index contributed by atoms with van der Waals surface area (Å²) in [6.07, 6.45) is -0.0605. The Morgan fingerprint density at radius 1 is 1.35 bits per heavy atom. The third-order valence-corrected chi connectivity index (χ3v) is 3.24. The molecule has 4 N–H and O–H groups in total. The molecule has 1 aromatic rings. The van der Waals surface area contributed by atoms with Crippen molar-refractivity contribution in [3.63, 3.8) is 0 Å². The molecule has 1 aliphatic rings. The number of hydrogen-bond acceptors (Lipinski definition) is 4. The standard InChI is InChI=1S/C14H19N3O3/c1-8-3-4-10(5-12(8)16-9(2)18)17-14(20)13-6-11(19)7-15-13/h3-5,11,13,15,19H,6-7H2,1-2H3,(H,16,18)(H,17,20). The van der Waals surface area contributed by atoms with Crippen LogP contribution in [-0.4, -0.2) is 35.6 Å². The van der Waals surface area contributed by atoms with Crippen LogP contribution >= 0.6 is 0 Å². The van der Waals surface area contributed by atoms with Crippen LogP contribution in [0, 0.1) is 6.92 Å². The van der Waals surface area contributed by atoms with E-state index in [-0.39, 0.29) is 17.9 Å². The number of aliphatic hydroxyl groups excluding tert-OH is 1. The van der Waals surface area contributed by atoms with Crippen LogP contribution in [0.3, 0.4) is 0 Å². The normalized spacial score (nSPS) is 21.6. The molecule has 2 atom stereocenters. The second-order valence-corrected chi connectivity index (χ2v) is 5.05. The van der Waals surface area contributed by atoms with Crippen LogP contribution in [0.5, 0.6) is 0 Å². The molecule has 0 saturated carbocycles. The van der Waals surface area contributed by atoms with Gasteiger partial charge in [-0.3, -0.25) is 9.59 Å². The van der Waals surface area contributed by atoms with Gasteiger partial charge in [-0.1, -0.05) is 6.07 Å². The molecule has 6 nitrogen and oxygen atoms in total. The van der Waals surface area contributed by atoms with E-state index in [1.165, 1.54) is 6.92 Å². The Kier molecular flexibility index (Phi) is 4.36. The number of benzene rings is 1. The minimum atomic E-state index is -0.473. The monoisotopic (exact) mass is 277 g/mol. The molecule has 1 heterocycles. The van der Waals surface area contributed by atoms with E-state index < -0.39 is 6.10 Å². The lowest BCUT2D eigenvalue weighted by Gasteiger charge is -2.13. The number of amides is 2. The fourth-order valence-electron chi connectivity index (χ4n) is 2.17. The van der Waals surface area contributed by atoms with Crippen LogP contribution < -0.4 is 16.0 Å². The predicted molar refractivity (Wildman–Crippen MR) is 76.5 cm³/mol. The van der Waals surface area contributed by atoms with Crippen molar-refractivity contribution in [2.45, 2.75) is 32.4 Å². The van der Waals surface area contributed by atoms with E-state index in [4.69, 9.17) is 0 Å². The largest absolute Gasteiger partial charge is 0.392 e. The summed E-state index contributed by atoms with van der Waals surface area (Å²) in [5.41, 5.74) is 2.22. The molecule has 6 heteroatoms. The van der Waals surface area contributed by atoms with Crippen molar-refractivity contribution in [3.8, 4) is 0 Å². The van der Waals surface area contributed by atoms with Crippen LogP contribution in [0.1, 0.15) is 18.9 Å². The highest BCUT2D eigenvalue weighted by Gasteiger charge is 2.27. The maximum Gasteiger partial charge on any atom is 0.241 e. The fourth-order valence-corrected chi connectivity index (χ4v) is 2.17. The van der Waals surface area contributed by atoms with Gasteiger partial charge in [-0.25, -0.2) is 0 Å². The summed E-state index contributed by atoms with van der Waals surface area (Å²) in [6.45, 7) is 3.75. The van der Waals surface area contributed by atoms with Gasteiger partial charge < -0.3 is 21.1 Å². The van der Waals surface area contributed by atoms with Crippen molar-refractivity contribution in [1.82, 2.24) is 5.32 Å². The molecule has 108 valence electrons. The molecule has 1 aromatic carbocycles. The number of anilines is 2. The maximum absolute atomic E-state index is 12.0. The Balaban J connectivity index is 2.05. The predicted octanol–water partition coefficient (Wildman–Crippen LogP) is 0.615. The van der Waals surface area contributed by atoms with Gasteiger partial charge in [-0.2, -0.15) is 0 Å². The highest BCUT2D eigenvalue weighted by atomic mass is 16.3. The number of aryl methyl sites for hydroxylation is 1. The molecule has 20 heavy (non-hydrogen) atoms. The number of β-amino-alcohol motifs (C(OH)–C–C–N with tert-alkyl or cyclic N) is 1. The minimum Gasteiger partial charge on any atom is -0.392 e. The van der Waals surface area contributed by atoms with Crippen molar-refractivity contribution in [1.29, 1.82) is 0 Å². The van der Waals surface area contributed by atoms with Crippen LogP contribution in [0.15, 0.2) is 18.2 Å². The summed E-state index contributed by atoms with van der Waals surface area (Å²) in [6, 6.07) is 4.96. The average molecular weight is 277 g/mol. The summed E-state index contributed by atoms with van der Waals surface area (Å²) >= 11 is 0. The Morgan fingerprint density at radius 3 is 2.70 bits per heavy atom. The molecule has 1 fully saturated rings. The lowest BCUT2D eigenvalue weighted by molar-refractivity contribution is -0.118. The van der Waals surface area contributed by atoms with Crippen LogP contribution in [-0.2, 0) is 9.59 Å². The Morgan fingerprint density at radius 2 is 2.10 bits per heavy atom. The molecule has 1 saturated heterocycles. The SMILES string of the molecule is CC(=O)Nc1cc(NC(=O)C2CC(O)CN2)ccc1C. The molecule has 2 unspecified atom stereocenters. The maximum atomic E-state index is 12.0. The third-order valence-electron chi connectivity index (χ3n) is 3.24. The number of hydrogen-bond donors (Lipinski definition) is 4. The topological polar surface area (TPSA) is 90.5 Å². The zero-order valence-corrected chi connectivity index (χ0v) is 11.6. The molecule has 2 amide bonds. The van der Waals surface area contributed by atoms with Gasteiger partial charge in [-0.05, 0) is 31.0 Å². The van der Waals surface area contributed by atoms with E-state index >= 15 is 0 Å². The quantitative estimate of drug-likeness (QED) is 0.652. The van der Waals surface area contributed by atoms with Crippen LogP contribution in [0.25, 0.3) is 0 Å².